The SMILES string of the molecule is CCCN1CCN(CC(NC)C(=O)OC)CC1. The van der Waals surface area contributed by atoms with Crippen LogP contribution in [0.4, 0.5) is 0 Å². The third-order valence-corrected chi connectivity index (χ3v) is 3.28. The molecule has 0 aromatic carbocycles. The maximum Gasteiger partial charge on any atom is 0.324 e. The Morgan fingerprint density at radius 1 is 1.29 bits per heavy atom. The number of carbonyl (C=O) groups excluding carboxylic acids is 1. The molecule has 1 rings (SSSR count). The van der Waals surface area contributed by atoms with E-state index in [4.69, 9.17) is 4.74 Å². The molecule has 0 aliphatic carbocycles. The Morgan fingerprint density at radius 2 is 1.88 bits per heavy atom. The summed E-state index contributed by atoms with van der Waals surface area (Å²) in [6.45, 7) is 8.41. The highest BCUT2D eigenvalue weighted by atomic mass is 16.5. The second kappa shape index (κ2) is 7.63. The van der Waals surface area contributed by atoms with Crippen molar-refractivity contribution in [2.45, 2.75) is 19.4 Å². The maximum atomic E-state index is 11.5. The molecule has 1 aliphatic heterocycles. The number of ether oxygens (including phenoxy) is 1. The predicted molar refractivity (Wildman–Crippen MR) is 68.0 cm³/mol. The van der Waals surface area contributed by atoms with Gasteiger partial charge < -0.3 is 15.0 Å². The smallest absolute Gasteiger partial charge is 0.324 e. The molecule has 100 valence electrons. The number of nitrogens with zero attached hydrogens (tertiary/aromatic N) is 2. The van der Waals surface area contributed by atoms with E-state index in [1.54, 1.807) is 7.05 Å². The average molecular weight is 243 g/mol. The Hall–Kier alpha value is -0.650. The van der Waals surface area contributed by atoms with Gasteiger partial charge in [-0.2, -0.15) is 0 Å². The van der Waals surface area contributed by atoms with Crippen molar-refractivity contribution >= 4 is 5.97 Å². The van der Waals surface area contributed by atoms with Crippen LogP contribution in [0.5, 0.6) is 0 Å². The van der Waals surface area contributed by atoms with E-state index in [0.29, 0.717) is 0 Å². The van der Waals surface area contributed by atoms with Crippen molar-refractivity contribution < 1.29 is 9.53 Å². The van der Waals surface area contributed by atoms with E-state index in [2.05, 4.69) is 22.0 Å². The number of hydrogen-bond donors (Lipinski definition) is 1. The Morgan fingerprint density at radius 3 is 2.35 bits per heavy atom. The lowest BCUT2D eigenvalue weighted by atomic mass is 10.2. The van der Waals surface area contributed by atoms with Crippen molar-refractivity contribution in [2.75, 3.05) is 53.4 Å². The van der Waals surface area contributed by atoms with E-state index < -0.39 is 0 Å². The molecule has 1 fully saturated rings. The lowest BCUT2D eigenvalue weighted by molar-refractivity contribution is -0.143. The second-order valence-corrected chi connectivity index (χ2v) is 4.51. The minimum absolute atomic E-state index is 0.177. The van der Waals surface area contributed by atoms with Crippen molar-refractivity contribution in [3.63, 3.8) is 0 Å². The normalized spacial score (nSPS) is 20.2. The van der Waals surface area contributed by atoms with Crippen LogP contribution in [0, 0.1) is 0 Å². The van der Waals surface area contributed by atoms with Crippen molar-refractivity contribution in [1.82, 2.24) is 15.1 Å². The van der Waals surface area contributed by atoms with Gasteiger partial charge in [0.15, 0.2) is 0 Å². The van der Waals surface area contributed by atoms with E-state index in [1.807, 2.05) is 0 Å². The molecule has 1 unspecified atom stereocenters. The highest BCUT2D eigenvalue weighted by molar-refractivity contribution is 5.75. The summed E-state index contributed by atoms with van der Waals surface area (Å²) in [6.07, 6.45) is 1.21. The van der Waals surface area contributed by atoms with Crippen LogP contribution < -0.4 is 5.32 Å². The molecule has 0 bridgehead atoms. The summed E-state index contributed by atoms with van der Waals surface area (Å²) in [4.78, 5) is 16.3. The first-order chi connectivity index (χ1) is 8.21. The van der Waals surface area contributed by atoms with Gasteiger partial charge in [0.25, 0.3) is 0 Å². The maximum absolute atomic E-state index is 11.5. The van der Waals surface area contributed by atoms with Crippen molar-refractivity contribution in [2.24, 2.45) is 0 Å². The average Bonchev–Trinajstić information content (AvgIpc) is 2.37. The zero-order chi connectivity index (χ0) is 12.7. The van der Waals surface area contributed by atoms with Crippen LogP contribution in [0.1, 0.15) is 13.3 Å². The number of likely N-dealkylation sites (N-methyl/N-ethyl adjacent to an activating group) is 1. The fourth-order valence-corrected chi connectivity index (χ4v) is 2.20. The Balaban J connectivity index is 2.31. The van der Waals surface area contributed by atoms with Gasteiger partial charge >= 0.3 is 5.97 Å². The summed E-state index contributed by atoms with van der Waals surface area (Å²) >= 11 is 0. The molecule has 0 radical (unpaired) electrons. The van der Waals surface area contributed by atoms with Crippen molar-refractivity contribution in [3.8, 4) is 0 Å². The van der Waals surface area contributed by atoms with Gasteiger partial charge in [0.2, 0.25) is 0 Å². The summed E-state index contributed by atoms with van der Waals surface area (Å²) in [5.41, 5.74) is 0. The van der Waals surface area contributed by atoms with Crippen LogP contribution in [0.15, 0.2) is 0 Å². The lowest BCUT2D eigenvalue weighted by Gasteiger charge is -2.35. The molecule has 0 aromatic rings. The van der Waals surface area contributed by atoms with Gasteiger partial charge in [0.1, 0.15) is 6.04 Å². The predicted octanol–water partition coefficient (Wildman–Crippen LogP) is -0.225. The zero-order valence-corrected chi connectivity index (χ0v) is 11.2. The van der Waals surface area contributed by atoms with Gasteiger partial charge in [0, 0.05) is 32.7 Å². The van der Waals surface area contributed by atoms with Gasteiger partial charge in [-0.15, -0.1) is 0 Å². The van der Waals surface area contributed by atoms with E-state index in [0.717, 1.165) is 32.7 Å². The number of esters is 1. The highest BCUT2D eigenvalue weighted by Gasteiger charge is 2.23. The Kier molecular flexibility index (Phi) is 6.47. The minimum atomic E-state index is -0.210. The molecule has 0 saturated carbocycles. The minimum Gasteiger partial charge on any atom is -0.468 e. The number of rotatable bonds is 6. The van der Waals surface area contributed by atoms with E-state index in [-0.39, 0.29) is 12.0 Å². The van der Waals surface area contributed by atoms with Crippen LogP contribution >= 0.6 is 0 Å². The Bertz CT molecular complexity index is 228. The molecule has 1 heterocycles. The fraction of sp³-hybridized carbons (Fsp3) is 0.917. The number of piperazine rings is 1. The second-order valence-electron chi connectivity index (χ2n) is 4.51. The summed E-state index contributed by atoms with van der Waals surface area (Å²) in [5.74, 6) is -0.177. The fourth-order valence-electron chi connectivity index (χ4n) is 2.20. The molecule has 1 aliphatic rings. The van der Waals surface area contributed by atoms with Gasteiger partial charge in [-0.25, -0.2) is 0 Å². The highest BCUT2D eigenvalue weighted by Crippen LogP contribution is 2.03. The summed E-state index contributed by atoms with van der Waals surface area (Å²) < 4.78 is 4.77. The molecule has 1 atom stereocenters. The molecule has 17 heavy (non-hydrogen) atoms. The van der Waals surface area contributed by atoms with E-state index in [1.165, 1.54) is 20.1 Å². The van der Waals surface area contributed by atoms with Crippen LogP contribution in [-0.4, -0.2) is 75.2 Å². The monoisotopic (exact) mass is 243 g/mol. The van der Waals surface area contributed by atoms with Gasteiger partial charge in [-0.05, 0) is 20.0 Å². The largest absolute Gasteiger partial charge is 0.468 e. The standard InChI is InChI=1S/C12H25N3O2/c1-4-5-14-6-8-15(9-7-14)10-11(13-2)12(16)17-3/h11,13H,4-10H2,1-3H3. The third-order valence-electron chi connectivity index (χ3n) is 3.28. The molecule has 0 spiro atoms. The van der Waals surface area contributed by atoms with E-state index in [9.17, 15) is 4.79 Å². The van der Waals surface area contributed by atoms with Crippen molar-refractivity contribution in [1.29, 1.82) is 0 Å². The summed E-state index contributed by atoms with van der Waals surface area (Å²) in [5, 5.41) is 3.01. The number of carbonyl (C=O) groups is 1. The molecule has 1 N–H and O–H groups in total. The van der Waals surface area contributed by atoms with Gasteiger partial charge in [-0.3, -0.25) is 9.69 Å². The van der Waals surface area contributed by atoms with Crippen LogP contribution in [0.25, 0.3) is 0 Å². The summed E-state index contributed by atoms with van der Waals surface area (Å²) in [6, 6.07) is -0.210. The van der Waals surface area contributed by atoms with Crippen LogP contribution in [0.3, 0.4) is 0 Å². The molecular formula is C12H25N3O2. The summed E-state index contributed by atoms with van der Waals surface area (Å²) in [7, 11) is 3.24. The number of methoxy groups -OCH3 is 1. The zero-order valence-electron chi connectivity index (χ0n) is 11.2. The number of hydrogen-bond acceptors (Lipinski definition) is 5. The van der Waals surface area contributed by atoms with Crippen LogP contribution in [-0.2, 0) is 9.53 Å². The molecule has 0 aromatic heterocycles. The first kappa shape index (κ1) is 14.4. The van der Waals surface area contributed by atoms with E-state index >= 15 is 0 Å². The quantitative estimate of drug-likeness (QED) is 0.653. The van der Waals surface area contributed by atoms with Gasteiger partial charge in [-0.1, -0.05) is 6.92 Å². The molecule has 5 nitrogen and oxygen atoms in total. The lowest BCUT2D eigenvalue weighted by Crippen LogP contribution is -2.52. The third kappa shape index (κ3) is 4.61. The topological polar surface area (TPSA) is 44.8 Å². The van der Waals surface area contributed by atoms with Crippen LogP contribution in [0.2, 0.25) is 0 Å². The van der Waals surface area contributed by atoms with Gasteiger partial charge in [0.05, 0.1) is 7.11 Å². The van der Waals surface area contributed by atoms with Crippen molar-refractivity contribution in [3.05, 3.63) is 0 Å². The molecule has 0 amide bonds. The molecular weight excluding hydrogens is 218 g/mol. The Labute approximate surface area is 104 Å². The molecule has 1 saturated heterocycles. The number of nitrogens with one attached hydrogen (secondary N) is 1. The molecule has 5 heteroatoms. The first-order valence-electron chi connectivity index (χ1n) is 6.41. The first-order valence-corrected chi connectivity index (χ1v) is 6.41.